The van der Waals surface area contributed by atoms with Crippen LogP contribution >= 0.6 is 0 Å². The average Bonchev–Trinajstić information content (AvgIpc) is 3.14. The molecule has 0 saturated carbocycles. The lowest BCUT2D eigenvalue weighted by Gasteiger charge is -2.19. The normalized spacial score (nSPS) is 18.8. The lowest BCUT2D eigenvalue weighted by Crippen LogP contribution is -2.34. The Hall–Kier alpha value is -1.44. The van der Waals surface area contributed by atoms with Crippen LogP contribution in [0.3, 0.4) is 0 Å². The van der Waals surface area contributed by atoms with Gasteiger partial charge >= 0.3 is 0 Å². The first kappa shape index (κ1) is 20.9. The lowest BCUT2D eigenvalue weighted by atomic mass is 10.1. The van der Waals surface area contributed by atoms with E-state index in [4.69, 9.17) is 4.74 Å². The summed E-state index contributed by atoms with van der Waals surface area (Å²) in [7, 11) is -3.57. The summed E-state index contributed by atoms with van der Waals surface area (Å²) < 4.78 is 32.2. The number of sulfonamides is 1. The van der Waals surface area contributed by atoms with Crippen molar-refractivity contribution < 1.29 is 17.9 Å². The van der Waals surface area contributed by atoms with Crippen molar-refractivity contribution in [2.75, 3.05) is 19.7 Å². The van der Waals surface area contributed by atoms with E-state index in [1.165, 1.54) is 16.4 Å². The molecule has 7 heteroatoms. The van der Waals surface area contributed by atoms with Gasteiger partial charge in [-0.15, -0.1) is 0 Å². The highest BCUT2D eigenvalue weighted by atomic mass is 32.2. The number of amides is 1. The van der Waals surface area contributed by atoms with Gasteiger partial charge in [-0.05, 0) is 50.8 Å². The maximum absolute atomic E-state index is 12.6. The number of nitrogens with zero attached hydrogens (tertiary/aromatic N) is 1. The van der Waals surface area contributed by atoms with Crippen LogP contribution in [0.15, 0.2) is 29.2 Å². The first-order chi connectivity index (χ1) is 12.4. The summed E-state index contributed by atoms with van der Waals surface area (Å²) in [5.41, 5.74) is 0.363. The molecule has 0 aromatic heterocycles. The summed E-state index contributed by atoms with van der Waals surface area (Å²) in [6.45, 7) is 7.19. The SMILES string of the molecule is CCN(CC)S(=O)(=O)c1cccc(C(=O)N[C@@H](C)CC[C@H]2CCCO2)c1. The van der Waals surface area contributed by atoms with Gasteiger partial charge in [0.25, 0.3) is 5.91 Å². The molecule has 2 rings (SSSR count). The van der Waals surface area contributed by atoms with Crippen molar-refractivity contribution in [3.8, 4) is 0 Å². The van der Waals surface area contributed by atoms with E-state index in [0.29, 0.717) is 24.8 Å². The Labute approximate surface area is 157 Å². The van der Waals surface area contributed by atoms with Crippen molar-refractivity contribution in [1.29, 1.82) is 0 Å². The van der Waals surface area contributed by atoms with Gasteiger partial charge in [-0.25, -0.2) is 8.42 Å². The Bertz CT molecular complexity index is 695. The van der Waals surface area contributed by atoms with Crippen molar-refractivity contribution in [1.82, 2.24) is 9.62 Å². The zero-order chi connectivity index (χ0) is 19.2. The van der Waals surface area contributed by atoms with Gasteiger partial charge in [0.05, 0.1) is 11.0 Å². The summed E-state index contributed by atoms with van der Waals surface area (Å²) in [6.07, 6.45) is 4.27. The maximum atomic E-state index is 12.6. The van der Waals surface area contributed by atoms with E-state index >= 15 is 0 Å². The summed E-state index contributed by atoms with van der Waals surface area (Å²) >= 11 is 0. The Morgan fingerprint density at radius 1 is 1.35 bits per heavy atom. The summed E-state index contributed by atoms with van der Waals surface area (Å²) in [6, 6.07) is 6.25. The molecule has 2 atom stereocenters. The molecule has 1 fully saturated rings. The molecular weight excluding hydrogens is 352 g/mol. The van der Waals surface area contributed by atoms with Crippen LogP contribution in [0.25, 0.3) is 0 Å². The molecule has 6 nitrogen and oxygen atoms in total. The number of hydrogen-bond acceptors (Lipinski definition) is 4. The van der Waals surface area contributed by atoms with Crippen LogP contribution in [0.4, 0.5) is 0 Å². The van der Waals surface area contributed by atoms with Crippen LogP contribution < -0.4 is 5.32 Å². The molecule has 146 valence electrons. The van der Waals surface area contributed by atoms with Gasteiger partial charge < -0.3 is 10.1 Å². The first-order valence-electron chi connectivity index (χ1n) is 9.41. The second-order valence-electron chi connectivity index (χ2n) is 6.70. The van der Waals surface area contributed by atoms with Crippen LogP contribution in [0, 0.1) is 0 Å². The van der Waals surface area contributed by atoms with E-state index in [9.17, 15) is 13.2 Å². The quantitative estimate of drug-likeness (QED) is 0.713. The van der Waals surface area contributed by atoms with Crippen molar-refractivity contribution in [3.63, 3.8) is 0 Å². The molecule has 1 amide bonds. The average molecular weight is 383 g/mol. The number of nitrogens with one attached hydrogen (secondary N) is 1. The summed E-state index contributed by atoms with van der Waals surface area (Å²) in [5.74, 6) is -0.249. The van der Waals surface area contributed by atoms with E-state index in [-0.39, 0.29) is 16.8 Å². The molecule has 1 aromatic carbocycles. The minimum absolute atomic E-state index is 0.00902. The molecule has 1 N–H and O–H groups in total. The predicted octanol–water partition coefficient (Wildman–Crippen LogP) is 2.79. The lowest BCUT2D eigenvalue weighted by molar-refractivity contribution is 0.0899. The third kappa shape index (κ3) is 5.28. The third-order valence-corrected chi connectivity index (χ3v) is 6.81. The molecule has 0 bridgehead atoms. The fraction of sp³-hybridized carbons (Fsp3) is 0.632. The molecule has 0 aliphatic carbocycles. The van der Waals surface area contributed by atoms with Crippen molar-refractivity contribution in [2.24, 2.45) is 0 Å². The monoisotopic (exact) mass is 382 g/mol. The van der Waals surface area contributed by atoms with E-state index < -0.39 is 10.0 Å². The Morgan fingerprint density at radius 3 is 2.69 bits per heavy atom. The molecule has 1 aliphatic rings. The van der Waals surface area contributed by atoms with Gasteiger partial charge in [-0.3, -0.25) is 4.79 Å². The van der Waals surface area contributed by atoms with E-state index in [0.717, 1.165) is 32.3 Å². The minimum Gasteiger partial charge on any atom is -0.378 e. The van der Waals surface area contributed by atoms with Crippen molar-refractivity contribution >= 4 is 15.9 Å². The van der Waals surface area contributed by atoms with Gasteiger partial charge in [0, 0.05) is 31.3 Å². The van der Waals surface area contributed by atoms with Crippen LogP contribution in [-0.2, 0) is 14.8 Å². The Morgan fingerprint density at radius 2 is 2.08 bits per heavy atom. The Balaban J connectivity index is 2.00. The maximum Gasteiger partial charge on any atom is 0.251 e. The fourth-order valence-corrected chi connectivity index (χ4v) is 4.70. The highest BCUT2D eigenvalue weighted by Gasteiger charge is 2.23. The first-order valence-corrected chi connectivity index (χ1v) is 10.8. The number of hydrogen-bond donors (Lipinski definition) is 1. The van der Waals surface area contributed by atoms with Crippen LogP contribution in [0.2, 0.25) is 0 Å². The van der Waals surface area contributed by atoms with E-state index in [1.54, 1.807) is 26.0 Å². The van der Waals surface area contributed by atoms with Gasteiger partial charge in [-0.2, -0.15) is 4.31 Å². The second-order valence-corrected chi connectivity index (χ2v) is 8.64. The molecule has 0 spiro atoms. The highest BCUT2D eigenvalue weighted by molar-refractivity contribution is 7.89. The molecule has 0 radical (unpaired) electrons. The number of ether oxygens (including phenoxy) is 1. The van der Waals surface area contributed by atoms with Crippen LogP contribution in [0.1, 0.15) is 56.8 Å². The number of carbonyl (C=O) groups is 1. The van der Waals surface area contributed by atoms with Crippen LogP contribution in [0.5, 0.6) is 0 Å². The molecule has 26 heavy (non-hydrogen) atoms. The largest absolute Gasteiger partial charge is 0.378 e. The van der Waals surface area contributed by atoms with E-state index in [2.05, 4.69) is 5.32 Å². The van der Waals surface area contributed by atoms with E-state index in [1.807, 2.05) is 6.92 Å². The predicted molar refractivity (Wildman–Crippen MR) is 102 cm³/mol. The fourth-order valence-electron chi connectivity index (χ4n) is 3.20. The number of carbonyl (C=O) groups excluding carboxylic acids is 1. The molecular formula is C19H30N2O4S. The third-order valence-electron chi connectivity index (χ3n) is 4.76. The Kier molecular flexibility index (Phi) is 7.61. The van der Waals surface area contributed by atoms with Crippen molar-refractivity contribution in [3.05, 3.63) is 29.8 Å². The number of benzene rings is 1. The van der Waals surface area contributed by atoms with Gasteiger partial charge in [0.2, 0.25) is 10.0 Å². The summed E-state index contributed by atoms with van der Waals surface area (Å²) in [5, 5.41) is 2.95. The van der Waals surface area contributed by atoms with Gasteiger partial charge in [0.1, 0.15) is 0 Å². The zero-order valence-electron chi connectivity index (χ0n) is 15.9. The van der Waals surface area contributed by atoms with Crippen LogP contribution in [-0.4, -0.2) is 50.5 Å². The molecule has 1 saturated heterocycles. The molecule has 1 heterocycles. The van der Waals surface area contributed by atoms with Gasteiger partial charge in [0.15, 0.2) is 0 Å². The highest BCUT2D eigenvalue weighted by Crippen LogP contribution is 2.19. The summed E-state index contributed by atoms with van der Waals surface area (Å²) in [4.78, 5) is 12.6. The molecule has 1 aromatic rings. The topological polar surface area (TPSA) is 75.7 Å². The smallest absolute Gasteiger partial charge is 0.251 e. The second kappa shape index (κ2) is 9.48. The minimum atomic E-state index is -3.57. The number of rotatable bonds is 9. The molecule has 1 aliphatic heterocycles. The van der Waals surface area contributed by atoms with Gasteiger partial charge in [-0.1, -0.05) is 19.9 Å². The molecule has 0 unspecified atom stereocenters. The zero-order valence-corrected chi connectivity index (χ0v) is 16.7. The standard InChI is InChI=1S/C19H30N2O4S/c1-4-21(5-2)26(23,24)18-10-6-8-16(14-18)19(22)20-15(3)11-12-17-9-7-13-25-17/h6,8,10,14-15,17H,4-5,7,9,11-13H2,1-3H3,(H,20,22)/t15-,17+/m0/s1. The van der Waals surface area contributed by atoms with Crippen molar-refractivity contribution in [2.45, 2.75) is 63.5 Å².